The van der Waals surface area contributed by atoms with Crippen LogP contribution in [0.25, 0.3) is 0 Å². The molecule has 0 saturated heterocycles. The summed E-state index contributed by atoms with van der Waals surface area (Å²) < 4.78 is 27.7. The molecule has 3 aromatic carbocycles. The summed E-state index contributed by atoms with van der Waals surface area (Å²) in [6.45, 7) is 4.04. The normalized spacial score (nSPS) is 11.1. The summed E-state index contributed by atoms with van der Waals surface area (Å²) in [7, 11) is -3.78. The molecular formula is C21H19Cl2N3O2S2. The van der Waals surface area contributed by atoms with Gasteiger partial charge in [0.15, 0.2) is 5.11 Å². The van der Waals surface area contributed by atoms with Crippen molar-refractivity contribution in [3.05, 3.63) is 81.8 Å². The molecule has 156 valence electrons. The Hall–Kier alpha value is -2.32. The van der Waals surface area contributed by atoms with Gasteiger partial charge in [-0.25, -0.2) is 8.42 Å². The number of halogens is 2. The van der Waals surface area contributed by atoms with Gasteiger partial charge >= 0.3 is 0 Å². The van der Waals surface area contributed by atoms with Crippen molar-refractivity contribution >= 4 is 67.6 Å². The van der Waals surface area contributed by atoms with E-state index in [1.54, 1.807) is 18.2 Å². The Balaban J connectivity index is 1.68. The number of aryl methyl sites for hydroxylation is 1. The molecule has 0 heterocycles. The van der Waals surface area contributed by atoms with Crippen LogP contribution in [0, 0.1) is 13.8 Å². The van der Waals surface area contributed by atoms with E-state index >= 15 is 0 Å². The minimum Gasteiger partial charge on any atom is -0.332 e. The van der Waals surface area contributed by atoms with Gasteiger partial charge in [0, 0.05) is 11.4 Å². The lowest BCUT2D eigenvalue weighted by Crippen LogP contribution is -2.20. The predicted octanol–water partition coefficient (Wildman–Crippen LogP) is 6.22. The topological polar surface area (TPSA) is 70.2 Å². The SMILES string of the molecule is Cc1cccc(NC(=S)Nc2ccc(S(=O)(=O)Nc3ccc(Cl)c(Cl)c3)cc2)c1C. The molecule has 0 radical (unpaired) electrons. The molecule has 0 bridgehead atoms. The molecular weight excluding hydrogens is 461 g/mol. The van der Waals surface area contributed by atoms with Crippen LogP contribution in [0.3, 0.4) is 0 Å². The summed E-state index contributed by atoms with van der Waals surface area (Å²) >= 11 is 17.2. The van der Waals surface area contributed by atoms with Crippen LogP contribution in [0.2, 0.25) is 10.0 Å². The van der Waals surface area contributed by atoms with E-state index in [-0.39, 0.29) is 9.92 Å². The van der Waals surface area contributed by atoms with E-state index in [0.717, 1.165) is 16.8 Å². The van der Waals surface area contributed by atoms with Crippen molar-refractivity contribution in [1.29, 1.82) is 0 Å². The van der Waals surface area contributed by atoms with Crippen LogP contribution >= 0.6 is 35.4 Å². The lowest BCUT2D eigenvalue weighted by atomic mass is 10.1. The van der Waals surface area contributed by atoms with Gasteiger partial charge in [-0.1, -0.05) is 35.3 Å². The molecule has 0 saturated carbocycles. The number of sulfonamides is 1. The lowest BCUT2D eigenvalue weighted by molar-refractivity contribution is 0.601. The maximum atomic E-state index is 12.6. The minimum atomic E-state index is -3.78. The van der Waals surface area contributed by atoms with E-state index in [4.69, 9.17) is 35.4 Å². The molecule has 0 fully saturated rings. The Kier molecular flexibility index (Phi) is 6.88. The smallest absolute Gasteiger partial charge is 0.261 e. The molecule has 30 heavy (non-hydrogen) atoms. The Bertz CT molecular complexity index is 1200. The van der Waals surface area contributed by atoms with E-state index in [0.29, 0.717) is 21.5 Å². The van der Waals surface area contributed by atoms with Crippen molar-refractivity contribution in [1.82, 2.24) is 0 Å². The number of nitrogens with one attached hydrogen (secondary N) is 3. The molecule has 0 aromatic heterocycles. The highest BCUT2D eigenvalue weighted by Crippen LogP contribution is 2.27. The zero-order chi connectivity index (χ0) is 21.9. The molecule has 0 spiro atoms. The molecule has 3 aromatic rings. The highest BCUT2D eigenvalue weighted by molar-refractivity contribution is 7.92. The standard InChI is InChI=1S/C21H19Cl2N3O2S2/c1-13-4-3-5-20(14(13)2)25-21(29)24-15-6-9-17(10-7-15)30(27,28)26-16-8-11-18(22)19(23)12-16/h3-12,26H,1-2H3,(H2,24,25,29). The number of hydrogen-bond donors (Lipinski definition) is 3. The molecule has 3 rings (SSSR count). The maximum absolute atomic E-state index is 12.6. The molecule has 5 nitrogen and oxygen atoms in total. The largest absolute Gasteiger partial charge is 0.332 e. The van der Waals surface area contributed by atoms with Gasteiger partial charge in [0.25, 0.3) is 10.0 Å². The van der Waals surface area contributed by atoms with E-state index in [1.165, 1.54) is 24.3 Å². The van der Waals surface area contributed by atoms with Crippen molar-refractivity contribution in [2.24, 2.45) is 0 Å². The second-order valence-electron chi connectivity index (χ2n) is 6.59. The van der Waals surface area contributed by atoms with Crippen LogP contribution in [-0.4, -0.2) is 13.5 Å². The lowest BCUT2D eigenvalue weighted by Gasteiger charge is -2.14. The van der Waals surface area contributed by atoms with Crippen molar-refractivity contribution in [2.45, 2.75) is 18.7 Å². The zero-order valence-corrected chi connectivity index (χ0v) is 19.3. The van der Waals surface area contributed by atoms with E-state index in [9.17, 15) is 8.42 Å². The van der Waals surface area contributed by atoms with Crippen molar-refractivity contribution in [2.75, 3.05) is 15.4 Å². The molecule has 3 N–H and O–H groups in total. The van der Waals surface area contributed by atoms with Crippen LogP contribution in [0.15, 0.2) is 65.6 Å². The van der Waals surface area contributed by atoms with Gasteiger partial charge in [0.1, 0.15) is 0 Å². The molecule has 0 atom stereocenters. The molecule has 0 aliphatic rings. The van der Waals surface area contributed by atoms with Gasteiger partial charge in [-0.3, -0.25) is 4.72 Å². The molecule has 0 amide bonds. The molecule has 0 unspecified atom stereocenters. The number of thiocarbonyl (C=S) groups is 1. The Labute approximate surface area is 191 Å². The maximum Gasteiger partial charge on any atom is 0.261 e. The third-order valence-corrected chi connectivity index (χ3v) is 6.79. The van der Waals surface area contributed by atoms with Crippen LogP contribution < -0.4 is 15.4 Å². The number of rotatable bonds is 5. The monoisotopic (exact) mass is 479 g/mol. The first-order valence-electron chi connectivity index (χ1n) is 8.88. The fourth-order valence-corrected chi connectivity index (χ4v) is 4.24. The quantitative estimate of drug-likeness (QED) is 0.378. The van der Waals surface area contributed by atoms with Crippen LogP contribution in [0.4, 0.5) is 17.1 Å². The summed E-state index contributed by atoms with van der Waals surface area (Å²) in [6, 6.07) is 16.7. The Morgan fingerprint density at radius 2 is 1.53 bits per heavy atom. The van der Waals surface area contributed by atoms with Crippen molar-refractivity contribution in [3.63, 3.8) is 0 Å². The highest BCUT2D eigenvalue weighted by atomic mass is 35.5. The summed E-state index contributed by atoms with van der Waals surface area (Å²) in [5, 5.41) is 7.23. The molecule has 0 aliphatic heterocycles. The average molecular weight is 480 g/mol. The van der Waals surface area contributed by atoms with Crippen LogP contribution in [0.5, 0.6) is 0 Å². The van der Waals surface area contributed by atoms with Gasteiger partial charge in [-0.15, -0.1) is 0 Å². The third kappa shape index (κ3) is 5.43. The second kappa shape index (κ2) is 9.22. The summed E-state index contributed by atoms with van der Waals surface area (Å²) in [4.78, 5) is 0.104. The second-order valence-corrected chi connectivity index (χ2v) is 9.49. The van der Waals surface area contributed by atoms with Gasteiger partial charge in [-0.2, -0.15) is 0 Å². The zero-order valence-electron chi connectivity index (χ0n) is 16.2. The van der Waals surface area contributed by atoms with Gasteiger partial charge in [-0.05, 0) is 85.7 Å². The van der Waals surface area contributed by atoms with Crippen molar-refractivity contribution in [3.8, 4) is 0 Å². The highest BCUT2D eigenvalue weighted by Gasteiger charge is 2.15. The number of anilines is 3. The number of benzene rings is 3. The molecule has 9 heteroatoms. The van der Waals surface area contributed by atoms with Gasteiger partial charge in [0.2, 0.25) is 0 Å². The summed E-state index contributed by atoms with van der Waals surface area (Å²) in [5.74, 6) is 0. The predicted molar refractivity (Wildman–Crippen MR) is 129 cm³/mol. The molecule has 0 aliphatic carbocycles. The van der Waals surface area contributed by atoms with E-state index in [2.05, 4.69) is 15.4 Å². The summed E-state index contributed by atoms with van der Waals surface area (Å²) in [6.07, 6.45) is 0. The fraction of sp³-hybridized carbons (Fsp3) is 0.0952. The van der Waals surface area contributed by atoms with Crippen LogP contribution in [0.1, 0.15) is 11.1 Å². The van der Waals surface area contributed by atoms with Gasteiger partial charge in [0.05, 0.1) is 20.6 Å². The first-order chi connectivity index (χ1) is 14.2. The average Bonchev–Trinajstić information content (AvgIpc) is 2.68. The number of hydrogen-bond acceptors (Lipinski definition) is 3. The third-order valence-electron chi connectivity index (χ3n) is 4.45. The fourth-order valence-electron chi connectivity index (χ4n) is 2.66. The van der Waals surface area contributed by atoms with Crippen LogP contribution in [-0.2, 0) is 10.0 Å². The first kappa shape index (κ1) is 22.4. The van der Waals surface area contributed by atoms with E-state index < -0.39 is 10.0 Å². The van der Waals surface area contributed by atoms with Gasteiger partial charge < -0.3 is 10.6 Å². The Morgan fingerprint density at radius 1 is 0.867 bits per heavy atom. The summed E-state index contributed by atoms with van der Waals surface area (Å²) in [5.41, 5.74) is 4.16. The van der Waals surface area contributed by atoms with E-state index in [1.807, 2.05) is 32.0 Å². The Morgan fingerprint density at radius 3 is 2.20 bits per heavy atom. The van der Waals surface area contributed by atoms with Crippen molar-refractivity contribution < 1.29 is 8.42 Å². The minimum absolute atomic E-state index is 0.104. The first-order valence-corrected chi connectivity index (χ1v) is 11.5.